The van der Waals surface area contributed by atoms with Gasteiger partial charge in [0.1, 0.15) is 12.2 Å². The molecular weight excluding hydrogens is 417 g/mol. The first-order valence-corrected chi connectivity index (χ1v) is 10.0. The molecule has 0 radical (unpaired) electrons. The molecule has 4 nitrogen and oxygen atoms in total. The van der Waals surface area contributed by atoms with Gasteiger partial charge in [-0.25, -0.2) is 0 Å². The topological polar surface area (TPSA) is 48.8 Å². The van der Waals surface area contributed by atoms with Gasteiger partial charge in [-0.2, -0.15) is 18.4 Å². The van der Waals surface area contributed by atoms with Crippen LogP contribution in [0.3, 0.4) is 0 Å². The highest BCUT2D eigenvalue weighted by atomic mass is 35.5. The molecule has 30 heavy (non-hydrogen) atoms. The van der Waals surface area contributed by atoms with Crippen molar-refractivity contribution in [2.75, 3.05) is 19.8 Å². The molecule has 2 aliphatic heterocycles. The molecule has 2 aromatic rings. The third-order valence-electron chi connectivity index (χ3n) is 5.59. The van der Waals surface area contributed by atoms with Crippen molar-refractivity contribution in [2.24, 2.45) is 5.92 Å². The number of hydrogen-bond acceptors (Lipinski definition) is 4. The van der Waals surface area contributed by atoms with Crippen LogP contribution in [-0.2, 0) is 22.2 Å². The van der Waals surface area contributed by atoms with Crippen LogP contribution in [-0.4, -0.2) is 36.8 Å². The second-order valence-electron chi connectivity index (χ2n) is 7.54. The van der Waals surface area contributed by atoms with Crippen LogP contribution >= 0.6 is 11.6 Å². The molecule has 0 amide bonds. The molecule has 0 N–H and O–H groups in total. The van der Waals surface area contributed by atoms with E-state index in [0.717, 1.165) is 17.7 Å². The number of halogens is 4. The highest BCUT2D eigenvalue weighted by Crippen LogP contribution is 2.45. The van der Waals surface area contributed by atoms with E-state index in [0.29, 0.717) is 36.9 Å². The second kappa shape index (κ2) is 8.56. The molecule has 2 saturated heterocycles. The summed E-state index contributed by atoms with van der Waals surface area (Å²) in [6.07, 6.45) is -5.12. The molecule has 2 fully saturated rings. The standard InChI is InChI=1S/C22H20ClF3N2O2/c23-17-7-1-14(2-8-17)12-28-9-10-29-13-19(28)18(11-27)21-20(30-21)15-3-5-16(6-4-15)22(24,25)26/h1-8,18-21H,9-10,12-13H2. The van der Waals surface area contributed by atoms with Gasteiger partial charge in [-0.05, 0) is 35.4 Å². The molecule has 4 rings (SSSR count). The fourth-order valence-corrected chi connectivity index (χ4v) is 4.04. The first-order valence-electron chi connectivity index (χ1n) is 9.65. The molecule has 0 saturated carbocycles. The molecule has 4 atom stereocenters. The van der Waals surface area contributed by atoms with Gasteiger partial charge in [-0.1, -0.05) is 35.9 Å². The van der Waals surface area contributed by atoms with Crippen LogP contribution in [0.15, 0.2) is 48.5 Å². The monoisotopic (exact) mass is 436 g/mol. The predicted octanol–water partition coefficient (Wildman–Crippen LogP) is 4.84. The van der Waals surface area contributed by atoms with Gasteiger partial charge in [0.25, 0.3) is 0 Å². The number of alkyl halides is 3. The van der Waals surface area contributed by atoms with E-state index in [1.807, 2.05) is 24.3 Å². The number of epoxide rings is 1. The summed E-state index contributed by atoms with van der Waals surface area (Å²) < 4.78 is 49.7. The summed E-state index contributed by atoms with van der Waals surface area (Å²) in [6.45, 7) is 2.33. The maximum absolute atomic E-state index is 12.8. The zero-order valence-electron chi connectivity index (χ0n) is 16.0. The van der Waals surface area contributed by atoms with Crippen molar-refractivity contribution >= 4 is 11.6 Å². The van der Waals surface area contributed by atoms with Crippen LogP contribution in [0.4, 0.5) is 13.2 Å². The number of morpholine rings is 1. The summed E-state index contributed by atoms with van der Waals surface area (Å²) in [5.41, 5.74) is 1.03. The molecule has 0 aromatic heterocycles. The van der Waals surface area contributed by atoms with Crippen LogP contribution in [0.2, 0.25) is 5.02 Å². The Morgan fingerprint density at radius 1 is 1.13 bits per heavy atom. The van der Waals surface area contributed by atoms with Crippen LogP contribution < -0.4 is 0 Å². The third-order valence-corrected chi connectivity index (χ3v) is 5.84. The number of nitrogens with zero attached hydrogens (tertiary/aromatic N) is 2. The molecule has 4 unspecified atom stereocenters. The summed E-state index contributed by atoms with van der Waals surface area (Å²) in [5.74, 6) is -0.454. The lowest BCUT2D eigenvalue weighted by molar-refractivity contribution is -0.137. The number of hydrogen-bond donors (Lipinski definition) is 0. The van der Waals surface area contributed by atoms with Gasteiger partial charge in [-0.3, -0.25) is 4.90 Å². The molecule has 8 heteroatoms. The first kappa shape index (κ1) is 21.1. The molecule has 158 valence electrons. The molecule has 0 spiro atoms. The zero-order valence-corrected chi connectivity index (χ0v) is 16.7. The van der Waals surface area contributed by atoms with Gasteiger partial charge < -0.3 is 9.47 Å². The summed E-state index contributed by atoms with van der Waals surface area (Å²) in [6, 6.07) is 14.7. The van der Waals surface area contributed by atoms with Gasteiger partial charge in [0.05, 0.1) is 36.8 Å². The third kappa shape index (κ3) is 4.62. The first-order chi connectivity index (χ1) is 14.4. The average molecular weight is 437 g/mol. The molecule has 0 aliphatic carbocycles. The van der Waals surface area contributed by atoms with Gasteiger partial charge >= 0.3 is 6.18 Å². The fourth-order valence-electron chi connectivity index (χ4n) is 3.91. The Morgan fingerprint density at radius 2 is 1.83 bits per heavy atom. The smallest absolute Gasteiger partial charge is 0.378 e. The lowest BCUT2D eigenvalue weighted by Gasteiger charge is -2.37. The summed E-state index contributed by atoms with van der Waals surface area (Å²) in [5, 5.41) is 10.5. The maximum Gasteiger partial charge on any atom is 0.416 e. The Labute approximate surface area is 177 Å². The Kier molecular flexibility index (Phi) is 6.03. The number of ether oxygens (including phenoxy) is 2. The summed E-state index contributed by atoms with van der Waals surface area (Å²) >= 11 is 5.96. The molecule has 2 aromatic carbocycles. The Balaban J connectivity index is 1.46. The lowest BCUT2D eigenvalue weighted by Crippen LogP contribution is -2.50. The van der Waals surface area contributed by atoms with Crippen LogP contribution in [0.5, 0.6) is 0 Å². The number of benzene rings is 2. The quantitative estimate of drug-likeness (QED) is 0.629. The highest BCUT2D eigenvalue weighted by Gasteiger charge is 2.50. The van der Waals surface area contributed by atoms with Crippen molar-refractivity contribution in [3.05, 3.63) is 70.2 Å². The number of nitriles is 1. The maximum atomic E-state index is 12.8. The fraction of sp³-hybridized carbons (Fsp3) is 0.409. The minimum absolute atomic E-state index is 0.163. The van der Waals surface area contributed by atoms with Crippen LogP contribution in [0.25, 0.3) is 0 Å². The molecular formula is C22H20ClF3N2O2. The minimum atomic E-state index is -4.38. The Bertz CT molecular complexity index is 912. The largest absolute Gasteiger partial charge is 0.416 e. The predicted molar refractivity (Wildman–Crippen MR) is 105 cm³/mol. The minimum Gasteiger partial charge on any atom is -0.378 e. The second-order valence-corrected chi connectivity index (χ2v) is 7.97. The van der Waals surface area contributed by atoms with E-state index in [-0.39, 0.29) is 18.2 Å². The van der Waals surface area contributed by atoms with Crippen molar-refractivity contribution < 1.29 is 22.6 Å². The van der Waals surface area contributed by atoms with Crippen molar-refractivity contribution in [1.29, 1.82) is 5.26 Å². The number of rotatable bonds is 5. The zero-order chi connectivity index (χ0) is 21.3. The molecule has 0 bridgehead atoms. The van der Waals surface area contributed by atoms with Gasteiger partial charge in [0, 0.05) is 18.1 Å². The highest BCUT2D eigenvalue weighted by molar-refractivity contribution is 6.30. The van der Waals surface area contributed by atoms with Crippen molar-refractivity contribution in [1.82, 2.24) is 4.90 Å². The van der Waals surface area contributed by atoms with E-state index in [2.05, 4.69) is 11.0 Å². The average Bonchev–Trinajstić information content (AvgIpc) is 3.51. The van der Waals surface area contributed by atoms with Crippen molar-refractivity contribution in [3.63, 3.8) is 0 Å². The molecule has 2 heterocycles. The van der Waals surface area contributed by atoms with Gasteiger partial charge in [0.15, 0.2) is 0 Å². The van der Waals surface area contributed by atoms with Crippen LogP contribution in [0.1, 0.15) is 22.8 Å². The van der Waals surface area contributed by atoms with E-state index >= 15 is 0 Å². The van der Waals surface area contributed by atoms with Crippen molar-refractivity contribution in [2.45, 2.75) is 31.0 Å². The lowest BCUT2D eigenvalue weighted by atomic mass is 9.91. The SMILES string of the molecule is N#CC(C1OC1c1ccc(C(F)(F)F)cc1)C1COCCN1Cc1ccc(Cl)cc1. The van der Waals surface area contributed by atoms with E-state index in [1.54, 1.807) is 0 Å². The summed E-state index contributed by atoms with van der Waals surface area (Å²) in [7, 11) is 0. The Morgan fingerprint density at radius 3 is 2.47 bits per heavy atom. The van der Waals surface area contributed by atoms with E-state index < -0.39 is 17.7 Å². The van der Waals surface area contributed by atoms with Gasteiger partial charge in [-0.15, -0.1) is 0 Å². The van der Waals surface area contributed by atoms with Crippen molar-refractivity contribution in [3.8, 4) is 6.07 Å². The van der Waals surface area contributed by atoms with Crippen LogP contribution in [0, 0.1) is 17.2 Å². The summed E-state index contributed by atoms with van der Waals surface area (Å²) in [4.78, 5) is 2.20. The Hall–Kier alpha value is -2.11. The van der Waals surface area contributed by atoms with E-state index in [1.165, 1.54) is 12.1 Å². The van der Waals surface area contributed by atoms with Gasteiger partial charge in [0.2, 0.25) is 0 Å². The van der Waals surface area contributed by atoms with E-state index in [4.69, 9.17) is 21.1 Å². The van der Waals surface area contributed by atoms with E-state index in [9.17, 15) is 18.4 Å². The molecule has 2 aliphatic rings. The normalized spacial score (nSPS) is 25.5.